The number of ether oxygens (including phenoxy) is 1. The van der Waals surface area contributed by atoms with Crippen LogP contribution in [0, 0.1) is 5.92 Å². The van der Waals surface area contributed by atoms with E-state index in [2.05, 4.69) is 4.74 Å². The minimum atomic E-state index is -1.70. The number of carboxylic acid groups (broad SMARTS) is 4. The van der Waals surface area contributed by atoms with Crippen LogP contribution in [0.1, 0.15) is 59.5 Å². The highest BCUT2D eigenvalue weighted by Gasteiger charge is 2.56. The van der Waals surface area contributed by atoms with Crippen molar-refractivity contribution in [1.82, 2.24) is 0 Å². The molecule has 1 fully saturated rings. The summed E-state index contributed by atoms with van der Waals surface area (Å²) in [4.78, 5) is 70.3. The summed E-state index contributed by atoms with van der Waals surface area (Å²) >= 11 is 0. The highest BCUT2D eigenvalue weighted by molar-refractivity contribution is 6.11. The normalized spacial score (nSPS) is 13.8. The minimum absolute atomic E-state index is 0.00862. The molecule has 1 aliphatic heterocycles. The molecule has 0 aromatic heterocycles. The lowest BCUT2D eigenvalue weighted by molar-refractivity contribution is -0.187. The molecule has 0 saturated carbocycles. The van der Waals surface area contributed by atoms with Gasteiger partial charge in [0.05, 0.1) is 22.3 Å². The van der Waals surface area contributed by atoms with Gasteiger partial charge in [-0.3, -0.25) is 9.59 Å². The Balaban J connectivity index is 2.34. The average molecular weight is 442 g/mol. The third-order valence-electron chi connectivity index (χ3n) is 5.41. The van der Waals surface area contributed by atoms with Crippen LogP contribution in [0.25, 0.3) is 0 Å². The van der Waals surface area contributed by atoms with Crippen LogP contribution in [0.4, 0.5) is 0 Å². The number of carboxylic acids is 4. The minimum Gasteiger partial charge on any atom is -0.478 e. The molecule has 2 aromatic rings. The maximum Gasteiger partial charge on any atom is 0.336 e. The number of carbonyl (C=O) groups is 6. The number of aromatic carboxylic acids is 4. The van der Waals surface area contributed by atoms with Crippen LogP contribution in [0.5, 0.6) is 0 Å². The molecule has 1 saturated heterocycles. The van der Waals surface area contributed by atoms with Crippen LogP contribution < -0.4 is 0 Å². The van der Waals surface area contributed by atoms with Gasteiger partial charge >= 0.3 is 35.8 Å². The van der Waals surface area contributed by atoms with Gasteiger partial charge in [0.15, 0.2) is 5.92 Å². The van der Waals surface area contributed by atoms with Crippen molar-refractivity contribution in [1.29, 1.82) is 0 Å². The number of cyclic esters (lactones) is 2. The number of hydrogen-bond donors (Lipinski definition) is 4. The summed E-state index contributed by atoms with van der Waals surface area (Å²) in [6.07, 6.45) is 0. The second-order valence-corrected chi connectivity index (χ2v) is 7.12. The molecular weight excluding hydrogens is 428 g/mol. The quantitative estimate of drug-likeness (QED) is 0.358. The first kappa shape index (κ1) is 22.2. The van der Waals surface area contributed by atoms with Gasteiger partial charge < -0.3 is 25.2 Å². The lowest BCUT2D eigenvalue weighted by atomic mass is 9.65. The Labute approximate surface area is 178 Å². The van der Waals surface area contributed by atoms with Crippen molar-refractivity contribution in [2.45, 2.75) is 12.3 Å². The first-order valence-electron chi connectivity index (χ1n) is 8.87. The van der Waals surface area contributed by atoms with Gasteiger partial charge in [-0.2, -0.15) is 0 Å². The molecule has 32 heavy (non-hydrogen) atoms. The maximum atomic E-state index is 12.2. The molecule has 1 aliphatic rings. The van der Waals surface area contributed by atoms with Crippen molar-refractivity contribution in [3.05, 3.63) is 69.8 Å². The van der Waals surface area contributed by atoms with E-state index in [9.17, 15) is 49.2 Å². The zero-order valence-electron chi connectivity index (χ0n) is 16.2. The highest BCUT2D eigenvalue weighted by atomic mass is 16.6. The molecule has 0 unspecified atom stereocenters. The fourth-order valence-corrected chi connectivity index (χ4v) is 3.69. The Hall–Kier alpha value is -4.54. The van der Waals surface area contributed by atoms with E-state index in [4.69, 9.17) is 0 Å². The standard InChI is InChI=1S/C21H14O11/c1-21(14-19(30)32-20(14)31,8-2-4-10(15(22)23)12(6-8)17(26)27)9-3-5-11(16(24)25)13(7-9)18(28)29/h2-7,14H,1H3,(H,22,23)(H,24,25)(H,26,27)(H,28,29). The van der Waals surface area contributed by atoms with Gasteiger partial charge in [-0.25, -0.2) is 19.2 Å². The lowest BCUT2D eigenvalue weighted by Gasteiger charge is -2.40. The molecular formula is C21H14O11. The summed E-state index contributed by atoms with van der Waals surface area (Å²) in [5.74, 6) is -9.63. The van der Waals surface area contributed by atoms with E-state index >= 15 is 0 Å². The van der Waals surface area contributed by atoms with Crippen molar-refractivity contribution in [3.8, 4) is 0 Å². The van der Waals surface area contributed by atoms with Gasteiger partial charge in [-0.1, -0.05) is 12.1 Å². The van der Waals surface area contributed by atoms with Gasteiger partial charge in [0.2, 0.25) is 0 Å². The zero-order chi connectivity index (χ0) is 24.0. The van der Waals surface area contributed by atoms with E-state index in [1.807, 2.05) is 0 Å². The summed E-state index contributed by atoms with van der Waals surface area (Å²) in [5, 5.41) is 37.4. The third-order valence-corrected chi connectivity index (χ3v) is 5.41. The Morgan fingerprint density at radius 3 is 1.31 bits per heavy atom. The molecule has 1 heterocycles. The number of carbonyl (C=O) groups excluding carboxylic acids is 2. The molecule has 11 nitrogen and oxygen atoms in total. The number of hydrogen-bond acceptors (Lipinski definition) is 7. The van der Waals surface area contributed by atoms with Crippen molar-refractivity contribution in [3.63, 3.8) is 0 Å². The molecule has 0 atom stereocenters. The molecule has 0 amide bonds. The van der Waals surface area contributed by atoms with Gasteiger partial charge in [0.25, 0.3) is 0 Å². The summed E-state index contributed by atoms with van der Waals surface area (Å²) in [7, 11) is 0. The largest absolute Gasteiger partial charge is 0.478 e. The van der Waals surface area contributed by atoms with Crippen molar-refractivity contribution < 1.29 is 53.9 Å². The SMILES string of the molecule is CC(c1ccc(C(=O)O)c(C(=O)O)c1)(c1ccc(C(=O)O)c(C(=O)O)c1)C1C(=O)OC1=O. The van der Waals surface area contributed by atoms with E-state index in [0.29, 0.717) is 0 Å². The molecule has 2 aromatic carbocycles. The molecule has 0 bridgehead atoms. The van der Waals surface area contributed by atoms with Gasteiger partial charge in [0, 0.05) is 5.41 Å². The Morgan fingerprint density at radius 1 is 0.688 bits per heavy atom. The Kier molecular flexibility index (Phi) is 5.27. The predicted octanol–water partition coefficient (Wildman–Crippen LogP) is 1.49. The predicted molar refractivity (Wildman–Crippen MR) is 102 cm³/mol. The summed E-state index contributed by atoms with van der Waals surface area (Å²) < 4.78 is 4.42. The highest BCUT2D eigenvalue weighted by Crippen LogP contribution is 2.44. The lowest BCUT2D eigenvalue weighted by Crippen LogP contribution is -2.53. The van der Waals surface area contributed by atoms with Gasteiger partial charge in [-0.05, 0) is 42.3 Å². The van der Waals surface area contributed by atoms with Crippen LogP contribution in [0.15, 0.2) is 36.4 Å². The monoisotopic (exact) mass is 442 g/mol. The van der Waals surface area contributed by atoms with Crippen LogP contribution in [0.3, 0.4) is 0 Å². The third kappa shape index (κ3) is 3.35. The fraction of sp³-hybridized carbons (Fsp3) is 0.143. The molecule has 164 valence electrons. The van der Waals surface area contributed by atoms with Crippen molar-refractivity contribution in [2.75, 3.05) is 0 Å². The van der Waals surface area contributed by atoms with Crippen LogP contribution in [-0.4, -0.2) is 56.2 Å². The first-order chi connectivity index (χ1) is 14.9. The van der Waals surface area contributed by atoms with Crippen LogP contribution in [-0.2, 0) is 19.7 Å². The molecule has 4 N–H and O–H groups in total. The van der Waals surface area contributed by atoms with Gasteiger partial charge in [0.1, 0.15) is 0 Å². The van der Waals surface area contributed by atoms with E-state index in [1.165, 1.54) is 19.1 Å². The zero-order valence-corrected chi connectivity index (χ0v) is 16.2. The van der Waals surface area contributed by atoms with Crippen molar-refractivity contribution >= 4 is 35.8 Å². The van der Waals surface area contributed by atoms with Crippen LogP contribution in [0.2, 0.25) is 0 Å². The second-order valence-electron chi connectivity index (χ2n) is 7.12. The average Bonchev–Trinajstić information content (AvgIpc) is 2.72. The van der Waals surface area contributed by atoms with Crippen LogP contribution >= 0.6 is 0 Å². The molecule has 0 aliphatic carbocycles. The summed E-state index contributed by atoms with van der Waals surface area (Å²) in [5.41, 5.74) is -4.01. The first-order valence-corrected chi connectivity index (χ1v) is 8.87. The second kappa shape index (κ2) is 7.61. The van der Waals surface area contributed by atoms with Gasteiger partial charge in [-0.15, -0.1) is 0 Å². The van der Waals surface area contributed by atoms with E-state index in [-0.39, 0.29) is 11.1 Å². The molecule has 3 rings (SSSR count). The molecule has 11 heteroatoms. The Morgan fingerprint density at radius 2 is 1.03 bits per heavy atom. The molecule has 0 spiro atoms. The molecule has 0 radical (unpaired) electrons. The topological polar surface area (TPSA) is 193 Å². The Bertz CT molecular complexity index is 1130. The smallest absolute Gasteiger partial charge is 0.336 e. The number of rotatable bonds is 7. The van der Waals surface area contributed by atoms with E-state index < -0.39 is 69.4 Å². The maximum absolute atomic E-state index is 12.2. The van der Waals surface area contributed by atoms with E-state index in [1.54, 1.807) is 0 Å². The van der Waals surface area contributed by atoms with E-state index in [0.717, 1.165) is 24.3 Å². The summed E-state index contributed by atoms with van der Waals surface area (Å²) in [6.45, 7) is 1.35. The summed E-state index contributed by atoms with van der Waals surface area (Å²) in [6, 6.07) is 6.29. The fourth-order valence-electron chi connectivity index (χ4n) is 3.69. The number of benzene rings is 2. The number of esters is 2. The van der Waals surface area contributed by atoms with Crippen molar-refractivity contribution in [2.24, 2.45) is 5.92 Å².